The van der Waals surface area contributed by atoms with Gasteiger partial charge in [0, 0.05) is 5.56 Å². The summed E-state index contributed by atoms with van der Waals surface area (Å²) >= 11 is 0. The fourth-order valence-electron chi connectivity index (χ4n) is 2.48. The number of carbonyl (C=O) groups is 2. The Morgan fingerprint density at radius 2 is 1.50 bits per heavy atom. The van der Waals surface area contributed by atoms with E-state index in [1.165, 1.54) is 18.2 Å². The van der Waals surface area contributed by atoms with Crippen LogP contribution in [0.15, 0.2) is 48.5 Å². The first-order valence-electron chi connectivity index (χ1n) is 8.24. The van der Waals surface area contributed by atoms with E-state index in [0.717, 1.165) is 7.11 Å². The minimum absolute atomic E-state index is 0.00211. The van der Waals surface area contributed by atoms with Crippen LogP contribution in [0.2, 0.25) is 0 Å². The maximum absolute atomic E-state index is 14.0. The van der Waals surface area contributed by atoms with Crippen LogP contribution in [0.1, 0.15) is 21.5 Å². The summed E-state index contributed by atoms with van der Waals surface area (Å²) in [5, 5.41) is 1.76. The van der Waals surface area contributed by atoms with Crippen molar-refractivity contribution >= 4 is 17.6 Å². The monoisotopic (exact) mass is 395 g/mol. The number of halogens is 3. The molecule has 9 heteroatoms. The second-order valence-corrected chi connectivity index (χ2v) is 6.07. The lowest BCUT2D eigenvalue weighted by Gasteiger charge is -2.35. The van der Waals surface area contributed by atoms with Gasteiger partial charge >= 0.3 is 17.8 Å². The van der Waals surface area contributed by atoms with Gasteiger partial charge in [-0.2, -0.15) is 18.6 Å². The molecule has 0 saturated carbocycles. The van der Waals surface area contributed by atoms with E-state index in [4.69, 9.17) is 0 Å². The van der Waals surface area contributed by atoms with Crippen molar-refractivity contribution < 1.29 is 27.5 Å². The molecule has 0 bridgehead atoms. The second-order valence-electron chi connectivity index (χ2n) is 6.07. The van der Waals surface area contributed by atoms with Crippen LogP contribution < -0.4 is 16.2 Å². The number of hydrazine groups is 1. The molecule has 0 heterocycles. The molecule has 0 unspecified atom stereocenters. The van der Waals surface area contributed by atoms with Crippen molar-refractivity contribution in [1.82, 2.24) is 10.7 Å². The third-order valence-corrected chi connectivity index (χ3v) is 4.14. The number of hydrogen-bond donors (Lipinski definition) is 3. The van der Waals surface area contributed by atoms with Gasteiger partial charge in [0.2, 0.25) is 0 Å². The van der Waals surface area contributed by atoms with Crippen LogP contribution >= 0.6 is 0 Å². The number of amides is 1. The number of rotatable bonds is 6. The molecule has 3 N–H and O–H groups in total. The van der Waals surface area contributed by atoms with E-state index < -0.39 is 23.7 Å². The molecule has 0 radical (unpaired) electrons. The van der Waals surface area contributed by atoms with Crippen molar-refractivity contribution in [1.29, 1.82) is 0 Å². The third kappa shape index (κ3) is 4.25. The minimum Gasteiger partial charge on any atom is -0.466 e. The quantitative estimate of drug-likeness (QED) is 0.398. The van der Waals surface area contributed by atoms with E-state index in [2.05, 4.69) is 10.2 Å². The maximum atomic E-state index is 14.0. The van der Waals surface area contributed by atoms with Gasteiger partial charge in [0.05, 0.1) is 12.8 Å². The van der Waals surface area contributed by atoms with Gasteiger partial charge in [0.15, 0.2) is 0 Å². The summed E-state index contributed by atoms with van der Waals surface area (Å²) in [5.74, 6) is -2.80. The van der Waals surface area contributed by atoms with Crippen LogP contribution in [-0.4, -0.2) is 30.8 Å². The van der Waals surface area contributed by atoms with E-state index in [-0.39, 0.29) is 5.56 Å². The van der Waals surface area contributed by atoms with Gasteiger partial charge in [-0.15, -0.1) is 0 Å². The predicted octanol–water partition coefficient (Wildman–Crippen LogP) is 3.08. The number of para-hydroxylation sites is 1. The molecule has 0 spiro atoms. The fraction of sp³-hybridized carbons (Fsp3) is 0.263. The average Bonchev–Trinajstić information content (AvgIpc) is 2.64. The molecule has 6 nitrogen and oxygen atoms in total. The van der Waals surface area contributed by atoms with E-state index in [1.807, 2.05) is 5.43 Å². The number of benzene rings is 2. The Balaban J connectivity index is 2.43. The molecule has 0 aromatic heterocycles. The zero-order valence-corrected chi connectivity index (χ0v) is 15.5. The average molecular weight is 395 g/mol. The number of methoxy groups -OCH3 is 1. The number of alkyl halides is 3. The number of esters is 1. The molecule has 150 valence electrons. The highest BCUT2D eigenvalue weighted by molar-refractivity contribution is 5.99. The number of hydrogen-bond acceptors (Lipinski definition) is 5. The number of ether oxygens (including phenoxy) is 1. The van der Waals surface area contributed by atoms with Crippen LogP contribution in [0.4, 0.5) is 18.9 Å². The third-order valence-electron chi connectivity index (χ3n) is 4.14. The summed E-state index contributed by atoms with van der Waals surface area (Å²) in [6.07, 6.45) is -5.21. The Morgan fingerprint density at radius 3 is 2.04 bits per heavy atom. The van der Waals surface area contributed by atoms with Crippen LogP contribution in [0, 0.1) is 13.8 Å². The molecular formula is C19H20F3N3O3. The lowest BCUT2D eigenvalue weighted by molar-refractivity contribution is -0.215. The second kappa shape index (κ2) is 8.30. The lowest BCUT2D eigenvalue weighted by Crippen LogP contribution is -2.73. The highest BCUT2D eigenvalue weighted by Crippen LogP contribution is 2.30. The van der Waals surface area contributed by atoms with Crippen molar-refractivity contribution in [2.75, 3.05) is 12.5 Å². The Hall–Kier alpha value is -3.07. The molecule has 0 aliphatic rings. The first kappa shape index (κ1) is 21.2. The molecule has 0 aliphatic heterocycles. The lowest BCUT2D eigenvalue weighted by atomic mass is 10.1. The molecule has 1 amide bonds. The molecule has 1 atom stereocenters. The van der Waals surface area contributed by atoms with E-state index in [9.17, 15) is 22.8 Å². The van der Waals surface area contributed by atoms with E-state index in [1.54, 1.807) is 49.5 Å². The van der Waals surface area contributed by atoms with Crippen molar-refractivity contribution in [3.8, 4) is 0 Å². The molecular weight excluding hydrogens is 375 g/mol. The summed E-state index contributed by atoms with van der Waals surface area (Å²) in [6.45, 7) is 3.24. The first-order chi connectivity index (χ1) is 13.1. The Morgan fingerprint density at radius 1 is 0.929 bits per heavy atom. The zero-order chi connectivity index (χ0) is 20.9. The van der Waals surface area contributed by atoms with Crippen LogP contribution in [0.5, 0.6) is 0 Å². The van der Waals surface area contributed by atoms with E-state index in [0.29, 0.717) is 16.8 Å². The SMILES string of the molecule is COC(=O)[C@](NNc1ccccc1C)(NC(=O)c1ccccc1C)C(F)(F)F. The minimum atomic E-state index is -5.21. The number of nitrogens with one attached hydrogen (secondary N) is 3. The largest absolute Gasteiger partial charge is 0.466 e. The summed E-state index contributed by atoms with van der Waals surface area (Å²) < 4.78 is 46.3. The van der Waals surface area contributed by atoms with Crippen molar-refractivity contribution in [2.45, 2.75) is 25.7 Å². The Bertz CT molecular complexity index is 871. The summed E-state index contributed by atoms with van der Waals surface area (Å²) in [7, 11) is 0.804. The van der Waals surface area contributed by atoms with Gasteiger partial charge in [-0.1, -0.05) is 36.4 Å². The molecule has 2 aromatic rings. The van der Waals surface area contributed by atoms with Gasteiger partial charge in [-0.25, -0.2) is 4.79 Å². The first-order valence-corrected chi connectivity index (χ1v) is 8.24. The highest BCUT2D eigenvalue weighted by Gasteiger charge is 2.63. The molecule has 2 aromatic carbocycles. The predicted molar refractivity (Wildman–Crippen MR) is 97.4 cm³/mol. The number of carbonyl (C=O) groups excluding carboxylic acids is 2. The summed E-state index contributed by atoms with van der Waals surface area (Å²) in [5.41, 5.74) is 2.14. The summed E-state index contributed by atoms with van der Waals surface area (Å²) in [6, 6.07) is 12.6. The maximum Gasteiger partial charge on any atom is 0.438 e. The van der Waals surface area contributed by atoms with Gasteiger partial charge in [0.25, 0.3) is 5.91 Å². The Kier molecular flexibility index (Phi) is 6.30. The summed E-state index contributed by atoms with van der Waals surface area (Å²) in [4.78, 5) is 24.7. The standard InChI is InChI=1S/C19H20F3N3O3/c1-12-8-4-6-10-14(12)16(26)23-18(17(27)28-3,19(20,21)22)25-24-15-11-7-5-9-13(15)2/h4-11,24-25H,1-3H3,(H,23,26)/t18-/m1/s1. The van der Waals surface area contributed by atoms with Gasteiger partial charge < -0.3 is 15.5 Å². The highest BCUT2D eigenvalue weighted by atomic mass is 19.4. The molecule has 2 rings (SSSR count). The molecule has 28 heavy (non-hydrogen) atoms. The zero-order valence-electron chi connectivity index (χ0n) is 15.5. The van der Waals surface area contributed by atoms with Gasteiger partial charge in [0.1, 0.15) is 0 Å². The smallest absolute Gasteiger partial charge is 0.438 e. The molecule has 0 saturated heterocycles. The van der Waals surface area contributed by atoms with Crippen molar-refractivity contribution in [2.24, 2.45) is 0 Å². The van der Waals surface area contributed by atoms with Gasteiger partial charge in [-0.05, 0) is 37.1 Å². The van der Waals surface area contributed by atoms with Gasteiger partial charge in [-0.3, -0.25) is 4.79 Å². The van der Waals surface area contributed by atoms with Crippen LogP contribution in [0.25, 0.3) is 0 Å². The van der Waals surface area contributed by atoms with Crippen molar-refractivity contribution in [3.05, 3.63) is 65.2 Å². The van der Waals surface area contributed by atoms with E-state index >= 15 is 0 Å². The molecule has 0 aliphatic carbocycles. The van der Waals surface area contributed by atoms with Crippen molar-refractivity contribution in [3.63, 3.8) is 0 Å². The topological polar surface area (TPSA) is 79.5 Å². The number of aryl methyl sites for hydroxylation is 2. The molecule has 0 fully saturated rings. The normalized spacial score (nSPS) is 13.4. The van der Waals surface area contributed by atoms with Crippen LogP contribution in [0.3, 0.4) is 0 Å². The fourth-order valence-corrected chi connectivity index (χ4v) is 2.48. The number of anilines is 1. The Labute approximate surface area is 160 Å². The van der Waals surface area contributed by atoms with Crippen LogP contribution in [-0.2, 0) is 9.53 Å².